The molecule has 2 rings (SSSR count). The molecule has 0 fully saturated rings. The lowest BCUT2D eigenvalue weighted by Gasteiger charge is -2.05. The van der Waals surface area contributed by atoms with Crippen molar-refractivity contribution in [1.82, 2.24) is 15.3 Å². The van der Waals surface area contributed by atoms with Gasteiger partial charge in [-0.15, -0.1) is 11.3 Å². The predicted octanol–water partition coefficient (Wildman–Crippen LogP) is 2.66. The molecular weight excluding hydrogens is 258 g/mol. The number of hydrogen-bond acceptors (Lipinski definition) is 5. The van der Waals surface area contributed by atoms with E-state index in [1.54, 1.807) is 23.7 Å². The zero-order valence-electron chi connectivity index (χ0n) is 11.1. The van der Waals surface area contributed by atoms with Crippen LogP contribution in [0, 0.1) is 0 Å². The first-order chi connectivity index (χ1) is 9.38. The number of rotatable bonds is 8. The van der Waals surface area contributed by atoms with Crippen molar-refractivity contribution in [3.8, 4) is 5.88 Å². The van der Waals surface area contributed by atoms with E-state index in [1.807, 2.05) is 0 Å². The summed E-state index contributed by atoms with van der Waals surface area (Å²) < 4.78 is 5.57. The molecule has 0 aliphatic heterocycles. The van der Waals surface area contributed by atoms with Gasteiger partial charge < -0.3 is 10.1 Å². The minimum atomic E-state index is 0.593. The van der Waals surface area contributed by atoms with E-state index in [4.69, 9.17) is 4.74 Å². The Kier molecular flexibility index (Phi) is 5.78. The van der Waals surface area contributed by atoms with Gasteiger partial charge in [-0.05, 0) is 24.4 Å². The Labute approximate surface area is 117 Å². The van der Waals surface area contributed by atoms with Crippen molar-refractivity contribution in [3.05, 3.63) is 40.5 Å². The second-order valence-electron chi connectivity index (χ2n) is 4.20. The van der Waals surface area contributed by atoms with Gasteiger partial charge in [0, 0.05) is 17.8 Å². The average Bonchev–Trinajstić information content (AvgIpc) is 2.94. The Morgan fingerprint density at radius 2 is 2.26 bits per heavy atom. The van der Waals surface area contributed by atoms with Crippen LogP contribution in [-0.2, 0) is 13.0 Å². The van der Waals surface area contributed by atoms with Crippen LogP contribution < -0.4 is 10.1 Å². The van der Waals surface area contributed by atoms with E-state index in [2.05, 4.69) is 39.7 Å². The molecule has 2 aromatic heterocycles. The van der Waals surface area contributed by atoms with E-state index in [0.29, 0.717) is 12.5 Å². The quantitative estimate of drug-likeness (QED) is 0.754. The lowest BCUT2D eigenvalue weighted by Crippen LogP contribution is -2.15. The molecule has 0 saturated carbocycles. The molecule has 0 spiro atoms. The first kappa shape index (κ1) is 14.0. The highest BCUT2D eigenvalue weighted by Crippen LogP contribution is 2.10. The molecule has 0 saturated heterocycles. The maximum absolute atomic E-state index is 5.57. The third-order valence-corrected chi connectivity index (χ3v) is 3.53. The highest BCUT2D eigenvalue weighted by atomic mass is 32.1. The van der Waals surface area contributed by atoms with Crippen LogP contribution in [0.3, 0.4) is 0 Å². The Hall–Kier alpha value is -1.46. The van der Waals surface area contributed by atoms with Gasteiger partial charge in [0.15, 0.2) is 0 Å². The molecule has 0 aliphatic rings. The standard InChI is InChI=1S/C14H19N3OS/c1-2-6-15-9-12-10-17-14(11-16-12)18-7-5-13-4-3-8-19-13/h3-4,8,10-11,15H,2,5-7,9H2,1H3. The summed E-state index contributed by atoms with van der Waals surface area (Å²) in [4.78, 5) is 9.90. The van der Waals surface area contributed by atoms with Crippen LogP contribution in [0.25, 0.3) is 0 Å². The van der Waals surface area contributed by atoms with Crippen molar-refractivity contribution in [2.75, 3.05) is 13.2 Å². The molecule has 2 aromatic rings. The first-order valence-electron chi connectivity index (χ1n) is 6.55. The summed E-state index contributed by atoms with van der Waals surface area (Å²) in [6.45, 7) is 4.54. The molecule has 0 unspecified atom stereocenters. The second kappa shape index (κ2) is 7.86. The van der Waals surface area contributed by atoms with Crippen molar-refractivity contribution in [2.24, 2.45) is 0 Å². The Balaban J connectivity index is 1.72. The van der Waals surface area contributed by atoms with Crippen molar-refractivity contribution in [1.29, 1.82) is 0 Å². The highest BCUT2D eigenvalue weighted by molar-refractivity contribution is 7.09. The van der Waals surface area contributed by atoms with E-state index in [-0.39, 0.29) is 0 Å². The summed E-state index contributed by atoms with van der Waals surface area (Å²) >= 11 is 1.75. The topological polar surface area (TPSA) is 47.0 Å². The average molecular weight is 277 g/mol. The van der Waals surface area contributed by atoms with Crippen LogP contribution in [-0.4, -0.2) is 23.1 Å². The number of nitrogens with zero attached hydrogens (tertiary/aromatic N) is 2. The fourth-order valence-corrected chi connectivity index (χ4v) is 2.30. The molecule has 0 aromatic carbocycles. The summed E-state index contributed by atoms with van der Waals surface area (Å²) in [5, 5.41) is 5.37. The van der Waals surface area contributed by atoms with Gasteiger partial charge in [0.25, 0.3) is 0 Å². The minimum Gasteiger partial charge on any atom is -0.476 e. The fourth-order valence-electron chi connectivity index (χ4n) is 1.61. The second-order valence-corrected chi connectivity index (χ2v) is 5.23. The van der Waals surface area contributed by atoms with Crippen LogP contribution in [0.4, 0.5) is 0 Å². The maximum Gasteiger partial charge on any atom is 0.232 e. The van der Waals surface area contributed by atoms with Crippen LogP contribution in [0.5, 0.6) is 5.88 Å². The molecule has 19 heavy (non-hydrogen) atoms. The molecule has 2 heterocycles. The molecule has 0 atom stereocenters. The van der Waals surface area contributed by atoms with Crippen LogP contribution in [0.15, 0.2) is 29.9 Å². The smallest absolute Gasteiger partial charge is 0.232 e. The first-order valence-corrected chi connectivity index (χ1v) is 7.43. The van der Waals surface area contributed by atoms with Crippen LogP contribution >= 0.6 is 11.3 Å². The largest absolute Gasteiger partial charge is 0.476 e. The summed E-state index contributed by atoms with van der Waals surface area (Å²) in [5.41, 5.74) is 0.944. The van der Waals surface area contributed by atoms with Crippen molar-refractivity contribution in [3.63, 3.8) is 0 Å². The molecule has 5 heteroatoms. The molecule has 0 aliphatic carbocycles. The summed E-state index contributed by atoms with van der Waals surface area (Å²) in [7, 11) is 0. The number of nitrogens with one attached hydrogen (secondary N) is 1. The monoisotopic (exact) mass is 277 g/mol. The van der Waals surface area contributed by atoms with E-state index in [1.165, 1.54) is 4.88 Å². The van der Waals surface area contributed by atoms with E-state index >= 15 is 0 Å². The van der Waals surface area contributed by atoms with Gasteiger partial charge in [0.05, 0.1) is 24.7 Å². The molecule has 0 radical (unpaired) electrons. The number of thiophene rings is 1. The molecular formula is C14H19N3OS. The normalized spacial score (nSPS) is 10.6. The van der Waals surface area contributed by atoms with Crippen molar-refractivity contribution >= 4 is 11.3 Å². The van der Waals surface area contributed by atoms with Gasteiger partial charge in [-0.2, -0.15) is 0 Å². The maximum atomic E-state index is 5.57. The van der Waals surface area contributed by atoms with Gasteiger partial charge in [-0.3, -0.25) is 4.98 Å². The zero-order valence-corrected chi connectivity index (χ0v) is 11.9. The van der Waals surface area contributed by atoms with Crippen molar-refractivity contribution in [2.45, 2.75) is 26.3 Å². The summed E-state index contributed by atoms with van der Waals surface area (Å²) in [6.07, 6.45) is 5.50. The summed E-state index contributed by atoms with van der Waals surface area (Å²) in [5.74, 6) is 0.593. The van der Waals surface area contributed by atoms with Crippen molar-refractivity contribution < 1.29 is 4.74 Å². The van der Waals surface area contributed by atoms with Gasteiger partial charge in [-0.25, -0.2) is 4.98 Å². The van der Waals surface area contributed by atoms with Crippen LogP contribution in [0.1, 0.15) is 23.9 Å². The summed E-state index contributed by atoms with van der Waals surface area (Å²) in [6, 6.07) is 4.17. The minimum absolute atomic E-state index is 0.593. The predicted molar refractivity (Wildman–Crippen MR) is 77.5 cm³/mol. The van der Waals surface area contributed by atoms with Gasteiger partial charge in [-0.1, -0.05) is 13.0 Å². The number of aromatic nitrogens is 2. The molecule has 0 amide bonds. The van der Waals surface area contributed by atoms with Gasteiger partial charge >= 0.3 is 0 Å². The van der Waals surface area contributed by atoms with E-state index < -0.39 is 0 Å². The number of ether oxygens (including phenoxy) is 1. The Morgan fingerprint density at radius 3 is 2.95 bits per heavy atom. The number of hydrogen-bond donors (Lipinski definition) is 1. The highest BCUT2D eigenvalue weighted by Gasteiger charge is 1.99. The third-order valence-electron chi connectivity index (χ3n) is 2.59. The zero-order chi connectivity index (χ0) is 13.3. The molecule has 102 valence electrons. The lowest BCUT2D eigenvalue weighted by molar-refractivity contribution is 0.308. The van der Waals surface area contributed by atoms with Gasteiger partial charge in [0.2, 0.25) is 5.88 Å². The van der Waals surface area contributed by atoms with Gasteiger partial charge in [0.1, 0.15) is 0 Å². The van der Waals surface area contributed by atoms with Crippen LogP contribution in [0.2, 0.25) is 0 Å². The Bertz CT molecular complexity index is 456. The van der Waals surface area contributed by atoms with E-state index in [9.17, 15) is 0 Å². The molecule has 1 N–H and O–H groups in total. The Morgan fingerprint density at radius 1 is 1.32 bits per heavy atom. The SMILES string of the molecule is CCCNCc1cnc(OCCc2cccs2)cn1. The molecule has 0 bridgehead atoms. The fraction of sp³-hybridized carbons (Fsp3) is 0.429. The van der Waals surface area contributed by atoms with E-state index in [0.717, 1.165) is 31.6 Å². The lowest BCUT2D eigenvalue weighted by atomic mass is 10.4. The molecule has 4 nitrogen and oxygen atoms in total. The third kappa shape index (κ3) is 4.96.